The Bertz CT molecular complexity index is 426. The molecule has 0 spiro atoms. The third kappa shape index (κ3) is 7.66. The van der Waals surface area contributed by atoms with Crippen molar-refractivity contribution in [2.24, 2.45) is 16.8 Å². The minimum absolute atomic E-state index is 0.439. The Morgan fingerprint density at radius 1 is 1.29 bits per heavy atom. The largest absolute Gasteiger partial charge is 0.357 e. The monoisotopic (exact) mass is 318 g/mol. The molecule has 0 bridgehead atoms. The van der Waals surface area contributed by atoms with Gasteiger partial charge in [-0.25, -0.2) is 13.1 Å². The molecule has 0 saturated carbocycles. The van der Waals surface area contributed by atoms with Crippen LogP contribution < -0.4 is 10.0 Å². The van der Waals surface area contributed by atoms with Crippen LogP contribution in [0, 0.1) is 11.8 Å². The molecule has 1 heterocycles. The van der Waals surface area contributed by atoms with Gasteiger partial charge >= 0.3 is 0 Å². The molecule has 0 aromatic carbocycles. The minimum atomic E-state index is -3.09. The average molecular weight is 318 g/mol. The number of hydrogen-bond acceptors (Lipinski definition) is 3. The lowest BCUT2D eigenvalue weighted by atomic mass is 9.92. The highest BCUT2D eigenvalue weighted by atomic mass is 32.2. The van der Waals surface area contributed by atoms with Crippen LogP contribution in [0.25, 0.3) is 0 Å². The van der Waals surface area contributed by atoms with Crippen molar-refractivity contribution in [3.63, 3.8) is 0 Å². The van der Waals surface area contributed by atoms with E-state index < -0.39 is 10.0 Å². The number of nitrogens with one attached hydrogen (secondary N) is 2. The zero-order valence-corrected chi connectivity index (χ0v) is 14.5. The summed E-state index contributed by atoms with van der Waals surface area (Å²) in [6.45, 7) is 10.6. The van der Waals surface area contributed by atoms with E-state index in [9.17, 15) is 8.42 Å². The predicted molar refractivity (Wildman–Crippen MR) is 88.0 cm³/mol. The van der Waals surface area contributed by atoms with E-state index in [1.54, 1.807) is 0 Å². The summed E-state index contributed by atoms with van der Waals surface area (Å²) in [7, 11) is -3.09. The maximum Gasteiger partial charge on any atom is 0.208 e. The molecule has 7 heteroatoms. The molecule has 1 fully saturated rings. The van der Waals surface area contributed by atoms with Crippen molar-refractivity contribution in [1.29, 1.82) is 0 Å². The predicted octanol–water partition coefficient (Wildman–Crippen LogP) is 0.869. The van der Waals surface area contributed by atoms with Gasteiger partial charge in [-0.05, 0) is 31.6 Å². The van der Waals surface area contributed by atoms with E-state index in [1.807, 2.05) is 0 Å². The number of guanidine groups is 1. The van der Waals surface area contributed by atoms with Crippen LogP contribution in [0.4, 0.5) is 0 Å². The fraction of sp³-hybridized carbons (Fsp3) is 0.929. The highest BCUT2D eigenvalue weighted by molar-refractivity contribution is 7.88. The summed E-state index contributed by atoms with van der Waals surface area (Å²) in [6.07, 6.45) is 3.16. The zero-order chi connectivity index (χ0) is 15.9. The number of nitrogens with zero attached hydrogens (tertiary/aromatic N) is 2. The lowest BCUT2D eigenvalue weighted by Gasteiger charge is -2.37. The molecule has 2 unspecified atom stereocenters. The molecular weight excluding hydrogens is 288 g/mol. The Labute approximate surface area is 129 Å². The molecule has 124 valence electrons. The summed E-state index contributed by atoms with van der Waals surface area (Å²) >= 11 is 0. The molecule has 6 nitrogen and oxygen atoms in total. The van der Waals surface area contributed by atoms with Crippen molar-refractivity contribution in [2.45, 2.75) is 33.6 Å². The topological polar surface area (TPSA) is 73.8 Å². The number of sulfonamides is 1. The van der Waals surface area contributed by atoms with Crippen LogP contribution in [-0.4, -0.2) is 58.3 Å². The molecule has 1 saturated heterocycles. The summed E-state index contributed by atoms with van der Waals surface area (Å²) in [4.78, 5) is 6.95. The van der Waals surface area contributed by atoms with E-state index >= 15 is 0 Å². The second-order valence-corrected chi connectivity index (χ2v) is 7.94. The van der Waals surface area contributed by atoms with Crippen LogP contribution >= 0.6 is 0 Å². The van der Waals surface area contributed by atoms with E-state index in [2.05, 4.69) is 40.7 Å². The quantitative estimate of drug-likeness (QED) is 0.433. The highest BCUT2D eigenvalue weighted by Gasteiger charge is 2.23. The molecule has 0 aliphatic carbocycles. The molecule has 0 amide bonds. The Morgan fingerprint density at radius 3 is 2.43 bits per heavy atom. The van der Waals surface area contributed by atoms with E-state index in [4.69, 9.17) is 0 Å². The molecule has 2 atom stereocenters. The van der Waals surface area contributed by atoms with E-state index in [1.165, 1.54) is 12.7 Å². The van der Waals surface area contributed by atoms with Crippen molar-refractivity contribution >= 4 is 16.0 Å². The molecule has 0 aromatic rings. The lowest BCUT2D eigenvalue weighted by Crippen LogP contribution is -2.48. The summed E-state index contributed by atoms with van der Waals surface area (Å²) in [5.41, 5.74) is 0. The molecule has 1 aliphatic heterocycles. The Kier molecular flexibility index (Phi) is 7.45. The first kappa shape index (κ1) is 18.2. The maximum absolute atomic E-state index is 11.0. The van der Waals surface area contributed by atoms with E-state index in [0.717, 1.165) is 25.6 Å². The van der Waals surface area contributed by atoms with Gasteiger partial charge in [-0.2, -0.15) is 0 Å². The Balaban J connectivity index is 2.49. The van der Waals surface area contributed by atoms with Gasteiger partial charge in [-0.1, -0.05) is 13.8 Å². The van der Waals surface area contributed by atoms with Crippen LogP contribution in [0.3, 0.4) is 0 Å². The van der Waals surface area contributed by atoms with Crippen molar-refractivity contribution in [3.8, 4) is 0 Å². The fourth-order valence-corrected chi connectivity index (χ4v) is 3.30. The minimum Gasteiger partial charge on any atom is -0.357 e. The smallest absolute Gasteiger partial charge is 0.208 e. The van der Waals surface area contributed by atoms with Crippen LogP contribution in [-0.2, 0) is 10.0 Å². The van der Waals surface area contributed by atoms with Crippen molar-refractivity contribution in [2.75, 3.05) is 39.0 Å². The summed E-state index contributed by atoms with van der Waals surface area (Å²) in [6, 6.07) is 0. The molecule has 2 N–H and O–H groups in total. The number of hydrogen-bond donors (Lipinski definition) is 2. The van der Waals surface area contributed by atoms with Crippen molar-refractivity contribution < 1.29 is 8.42 Å². The first-order valence-electron chi connectivity index (χ1n) is 7.79. The van der Waals surface area contributed by atoms with Crippen LogP contribution in [0.1, 0.15) is 33.6 Å². The van der Waals surface area contributed by atoms with Crippen LogP contribution in [0.2, 0.25) is 0 Å². The van der Waals surface area contributed by atoms with Gasteiger partial charge in [-0.15, -0.1) is 0 Å². The van der Waals surface area contributed by atoms with Crippen LogP contribution in [0.15, 0.2) is 4.99 Å². The zero-order valence-electron chi connectivity index (χ0n) is 13.7. The van der Waals surface area contributed by atoms with Crippen molar-refractivity contribution in [1.82, 2.24) is 14.9 Å². The molecule has 0 radical (unpaired) electrons. The van der Waals surface area contributed by atoms with Crippen LogP contribution in [0.5, 0.6) is 0 Å². The first-order chi connectivity index (χ1) is 9.81. The molecule has 0 aromatic heterocycles. The van der Waals surface area contributed by atoms with Gasteiger partial charge in [0.2, 0.25) is 10.0 Å². The fourth-order valence-electron chi connectivity index (χ4n) is 2.78. The van der Waals surface area contributed by atoms with Gasteiger partial charge in [0.1, 0.15) is 0 Å². The lowest BCUT2D eigenvalue weighted by molar-refractivity contribution is 0.208. The second-order valence-electron chi connectivity index (χ2n) is 6.11. The summed E-state index contributed by atoms with van der Waals surface area (Å²) < 4.78 is 24.5. The van der Waals surface area contributed by atoms with Gasteiger partial charge in [0.05, 0.1) is 6.26 Å². The second kappa shape index (κ2) is 8.58. The molecule has 1 rings (SSSR count). The Morgan fingerprint density at radius 2 is 1.90 bits per heavy atom. The maximum atomic E-state index is 11.0. The SMILES string of the molecule is CCNC(=NCCCNS(C)(=O)=O)N1CC(C)CC(C)C1. The highest BCUT2D eigenvalue weighted by Crippen LogP contribution is 2.20. The number of aliphatic imine (C=N–C) groups is 1. The third-order valence-electron chi connectivity index (χ3n) is 3.46. The summed E-state index contributed by atoms with van der Waals surface area (Å²) in [5, 5.41) is 3.34. The normalized spacial score (nSPS) is 24.2. The number of likely N-dealkylation sites (tertiary alicyclic amines) is 1. The summed E-state index contributed by atoms with van der Waals surface area (Å²) in [5.74, 6) is 2.32. The molecular formula is C14H30N4O2S. The van der Waals surface area contributed by atoms with Gasteiger partial charge in [-0.3, -0.25) is 4.99 Å². The average Bonchev–Trinajstić information content (AvgIpc) is 2.34. The van der Waals surface area contributed by atoms with Gasteiger partial charge < -0.3 is 10.2 Å². The first-order valence-corrected chi connectivity index (χ1v) is 9.68. The van der Waals surface area contributed by atoms with Gasteiger partial charge in [0.15, 0.2) is 5.96 Å². The Hall–Kier alpha value is -0.820. The third-order valence-corrected chi connectivity index (χ3v) is 4.19. The number of piperidine rings is 1. The molecule has 21 heavy (non-hydrogen) atoms. The van der Waals surface area contributed by atoms with E-state index in [0.29, 0.717) is 31.3 Å². The van der Waals surface area contributed by atoms with Crippen molar-refractivity contribution in [3.05, 3.63) is 0 Å². The standard InChI is InChI=1S/C14H30N4O2S/c1-5-15-14(16-7-6-8-17-21(4,19)20)18-10-12(2)9-13(3)11-18/h12-13,17H,5-11H2,1-4H3,(H,15,16). The van der Waals surface area contributed by atoms with E-state index in [-0.39, 0.29) is 0 Å². The van der Waals surface area contributed by atoms with Gasteiger partial charge in [0, 0.05) is 32.7 Å². The molecule has 1 aliphatic rings. The number of rotatable bonds is 6. The van der Waals surface area contributed by atoms with Gasteiger partial charge in [0.25, 0.3) is 0 Å².